The van der Waals surface area contributed by atoms with Gasteiger partial charge in [0.15, 0.2) is 0 Å². The molecule has 1 fully saturated rings. The van der Waals surface area contributed by atoms with Crippen LogP contribution in [0.3, 0.4) is 0 Å². The molecule has 1 atom stereocenters. The number of anilines is 1. The maximum Gasteiger partial charge on any atom is 0.278 e. The first-order valence-corrected chi connectivity index (χ1v) is 11.6. The van der Waals surface area contributed by atoms with Gasteiger partial charge >= 0.3 is 0 Å². The number of aromatic nitrogens is 4. The van der Waals surface area contributed by atoms with E-state index in [9.17, 15) is 9.59 Å². The number of benzene rings is 1. The molecule has 0 saturated carbocycles. The lowest BCUT2D eigenvalue weighted by Gasteiger charge is -2.26. The highest BCUT2D eigenvalue weighted by atomic mass is 16.2. The fraction of sp³-hybridized carbons (Fsp3) is 0.400. The van der Waals surface area contributed by atoms with Crippen LogP contribution in [0.15, 0.2) is 48.9 Å². The van der Waals surface area contributed by atoms with Crippen molar-refractivity contribution in [3.8, 4) is 0 Å². The Morgan fingerprint density at radius 2 is 2.09 bits per heavy atom. The average molecular weight is 462 g/mol. The summed E-state index contributed by atoms with van der Waals surface area (Å²) in [6.45, 7) is 4.03. The van der Waals surface area contributed by atoms with Crippen LogP contribution in [0.5, 0.6) is 0 Å². The van der Waals surface area contributed by atoms with Gasteiger partial charge in [0.2, 0.25) is 11.9 Å². The molecule has 0 aliphatic carbocycles. The second kappa shape index (κ2) is 10.6. The van der Waals surface area contributed by atoms with Gasteiger partial charge in [-0.2, -0.15) is 0 Å². The number of hydrogen-bond donors (Lipinski definition) is 1. The minimum atomic E-state index is -0.365. The van der Waals surface area contributed by atoms with Crippen molar-refractivity contribution >= 4 is 28.8 Å². The molecule has 1 aromatic carbocycles. The smallest absolute Gasteiger partial charge is 0.278 e. The fourth-order valence-corrected chi connectivity index (χ4v) is 4.35. The van der Waals surface area contributed by atoms with E-state index in [2.05, 4.69) is 19.9 Å². The van der Waals surface area contributed by atoms with Gasteiger partial charge in [-0.1, -0.05) is 18.2 Å². The first-order valence-electron chi connectivity index (χ1n) is 11.6. The molecular weight excluding hydrogens is 430 g/mol. The minimum Gasteiger partial charge on any atom is -0.337 e. The quantitative estimate of drug-likeness (QED) is 0.567. The molecule has 1 unspecified atom stereocenters. The number of likely N-dealkylation sites (N-methyl/N-ethyl adjacent to an activating group) is 1. The largest absolute Gasteiger partial charge is 0.337 e. The van der Waals surface area contributed by atoms with E-state index in [1.165, 1.54) is 18.6 Å². The number of nitrogens with one attached hydrogen (secondary N) is 1. The zero-order valence-electron chi connectivity index (χ0n) is 19.9. The lowest BCUT2D eigenvalue weighted by Crippen LogP contribution is -2.35. The van der Waals surface area contributed by atoms with E-state index in [1.54, 1.807) is 6.08 Å². The molecule has 178 valence electrons. The van der Waals surface area contributed by atoms with Crippen molar-refractivity contribution in [1.82, 2.24) is 29.3 Å². The number of hydrogen-bond acceptors (Lipinski definition) is 6. The average Bonchev–Trinajstić information content (AvgIpc) is 3.01. The van der Waals surface area contributed by atoms with Crippen molar-refractivity contribution in [3.63, 3.8) is 0 Å². The van der Waals surface area contributed by atoms with E-state index in [0.29, 0.717) is 25.6 Å². The molecule has 9 heteroatoms. The predicted octanol–water partition coefficient (Wildman–Crippen LogP) is 3.06. The molecule has 0 radical (unpaired) electrons. The van der Waals surface area contributed by atoms with Crippen LogP contribution in [0, 0.1) is 6.92 Å². The number of para-hydroxylation sites is 1. The van der Waals surface area contributed by atoms with Crippen LogP contribution >= 0.6 is 0 Å². The second-order valence-corrected chi connectivity index (χ2v) is 8.89. The zero-order valence-corrected chi connectivity index (χ0v) is 19.9. The molecule has 2 amide bonds. The highest BCUT2D eigenvalue weighted by molar-refractivity contribution is 6.02. The normalized spacial score (nSPS) is 16.8. The summed E-state index contributed by atoms with van der Waals surface area (Å²) in [5.74, 6) is 0.109. The highest BCUT2D eigenvalue weighted by Gasteiger charge is 2.27. The van der Waals surface area contributed by atoms with Crippen LogP contribution in [0.25, 0.3) is 11.0 Å². The van der Waals surface area contributed by atoms with Crippen molar-refractivity contribution in [2.45, 2.75) is 32.2 Å². The summed E-state index contributed by atoms with van der Waals surface area (Å²) in [5.41, 5.74) is 3.07. The van der Waals surface area contributed by atoms with E-state index >= 15 is 0 Å². The van der Waals surface area contributed by atoms with Crippen LogP contribution in [0.2, 0.25) is 0 Å². The molecular formula is C25H31N7O2. The second-order valence-electron chi connectivity index (χ2n) is 8.89. The molecule has 0 spiro atoms. The summed E-state index contributed by atoms with van der Waals surface area (Å²) in [4.78, 5) is 42.6. The number of likely N-dealkylation sites (tertiary alicyclic amines) is 1. The number of carbonyl (C=O) groups is 2. The van der Waals surface area contributed by atoms with Crippen molar-refractivity contribution in [1.29, 1.82) is 0 Å². The highest BCUT2D eigenvalue weighted by Crippen LogP contribution is 2.32. The van der Waals surface area contributed by atoms with Crippen LogP contribution in [0.4, 0.5) is 5.95 Å². The Bertz CT molecular complexity index is 1190. The van der Waals surface area contributed by atoms with Gasteiger partial charge in [-0.15, -0.1) is 0 Å². The summed E-state index contributed by atoms with van der Waals surface area (Å²) in [6, 6.07) is 5.93. The molecule has 34 heavy (non-hydrogen) atoms. The van der Waals surface area contributed by atoms with E-state index in [0.717, 1.165) is 35.9 Å². The van der Waals surface area contributed by atoms with Gasteiger partial charge in [-0.05, 0) is 51.9 Å². The topological polar surface area (TPSA) is 96.3 Å². The van der Waals surface area contributed by atoms with Gasteiger partial charge in [0, 0.05) is 38.1 Å². The van der Waals surface area contributed by atoms with Crippen molar-refractivity contribution < 1.29 is 9.59 Å². The Morgan fingerprint density at radius 1 is 1.24 bits per heavy atom. The lowest BCUT2D eigenvalue weighted by atomic mass is 10.1. The van der Waals surface area contributed by atoms with Gasteiger partial charge < -0.3 is 14.4 Å². The molecule has 3 aromatic rings. The maximum absolute atomic E-state index is 12.9. The summed E-state index contributed by atoms with van der Waals surface area (Å²) in [6.07, 6.45) is 10.8. The van der Waals surface area contributed by atoms with Gasteiger partial charge in [0.25, 0.3) is 5.91 Å². The zero-order chi connectivity index (χ0) is 24.1. The van der Waals surface area contributed by atoms with Crippen LogP contribution in [-0.2, 0) is 4.79 Å². The number of fused-ring (bicyclic) bond motifs is 1. The summed E-state index contributed by atoms with van der Waals surface area (Å²) >= 11 is 0. The van der Waals surface area contributed by atoms with Gasteiger partial charge in [-0.3, -0.25) is 19.9 Å². The first-order chi connectivity index (χ1) is 16.4. The Balaban J connectivity index is 1.67. The number of aryl methyl sites for hydroxylation is 1. The van der Waals surface area contributed by atoms with E-state index < -0.39 is 0 Å². The van der Waals surface area contributed by atoms with Crippen molar-refractivity contribution in [3.05, 3.63) is 60.2 Å². The van der Waals surface area contributed by atoms with Crippen molar-refractivity contribution in [2.24, 2.45) is 0 Å². The fourth-order valence-electron chi connectivity index (χ4n) is 4.35. The monoisotopic (exact) mass is 461 g/mol. The molecule has 1 saturated heterocycles. The van der Waals surface area contributed by atoms with E-state index in [1.807, 2.05) is 55.1 Å². The molecule has 9 nitrogen and oxygen atoms in total. The van der Waals surface area contributed by atoms with Crippen LogP contribution in [-0.4, -0.2) is 74.9 Å². The Morgan fingerprint density at radius 3 is 2.85 bits per heavy atom. The summed E-state index contributed by atoms with van der Waals surface area (Å²) in [7, 11) is 3.94. The molecule has 1 aliphatic rings. The number of carbonyl (C=O) groups excluding carboxylic acids is 2. The number of imidazole rings is 1. The molecule has 4 rings (SSSR count). The summed E-state index contributed by atoms with van der Waals surface area (Å²) in [5, 5.41) is 2.94. The molecule has 1 aliphatic heterocycles. The van der Waals surface area contributed by atoms with Crippen LogP contribution < -0.4 is 5.32 Å². The third-order valence-electron chi connectivity index (χ3n) is 5.99. The van der Waals surface area contributed by atoms with E-state index in [-0.39, 0.29) is 23.6 Å². The SMILES string of the molecule is Cc1cccc2nc(NC(=O)c3cnccn3)n(C3CCCCN(C(=O)/C=C/CN(C)C)C3)c12. The Hall–Kier alpha value is -3.59. The first kappa shape index (κ1) is 23.6. The number of rotatable bonds is 6. The predicted molar refractivity (Wildman–Crippen MR) is 132 cm³/mol. The number of nitrogens with zero attached hydrogens (tertiary/aromatic N) is 6. The lowest BCUT2D eigenvalue weighted by molar-refractivity contribution is -0.126. The summed E-state index contributed by atoms with van der Waals surface area (Å²) < 4.78 is 2.09. The Kier molecular flexibility index (Phi) is 7.32. The van der Waals surface area contributed by atoms with Crippen LogP contribution in [0.1, 0.15) is 41.4 Å². The Labute approximate surface area is 199 Å². The van der Waals surface area contributed by atoms with Gasteiger partial charge in [0.1, 0.15) is 5.69 Å². The third-order valence-corrected chi connectivity index (χ3v) is 5.99. The molecule has 2 aromatic heterocycles. The minimum absolute atomic E-state index is 0.0139. The molecule has 0 bridgehead atoms. The third kappa shape index (κ3) is 5.31. The van der Waals surface area contributed by atoms with Gasteiger partial charge in [-0.25, -0.2) is 9.97 Å². The van der Waals surface area contributed by atoms with Gasteiger partial charge in [0.05, 0.1) is 23.3 Å². The molecule has 1 N–H and O–H groups in total. The number of amides is 2. The standard InChI is InChI=1S/C25H31N7O2/c1-18-8-6-10-20-23(18)32(25(28-20)29-24(34)21-16-26-12-13-27-21)19-9-4-5-15-31(17-19)22(33)11-7-14-30(2)3/h6-8,10-13,16,19H,4-5,9,14-15,17H2,1-3H3,(H,28,29,34)/b11-7+. The van der Waals surface area contributed by atoms with Crippen molar-refractivity contribution in [2.75, 3.05) is 39.0 Å². The molecule has 3 heterocycles. The van der Waals surface area contributed by atoms with E-state index in [4.69, 9.17) is 4.98 Å². The maximum atomic E-state index is 12.9.